The summed E-state index contributed by atoms with van der Waals surface area (Å²) in [5, 5.41) is 17.1. The Hall–Kier alpha value is -2.35. The minimum atomic E-state index is -1.14. The number of benzene rings is 1. The number of anilines is 1. The Kier molecular flexibility index (Phi) is 4.88. The maximum atomic E-state index is 13.6. The molecule has 0 unspecified atom stereocenters. The average Bonchev–Trinajstić information content (AvgIpc) is 2.34. The molecule has 0 bridgehead atoms. The first-order chi connectivity index (χ1) is 8.56. The first-order valence-corrected chi connectivity index (χ1v) is 5.34. The van der Waals surface area contributed by atoms with E-state index in [0.29, 0.717) is 18.7 Å². The second-order valence-corrected chi connectivity index (χ2v) is 3.67. The van der Waals surface area contributed by atoms with E-state index >= 15 is 0 Å². The minimum Gasteiger partial charge on any atom is -0.478 e. The average molecular weight is 248 g/mol. The summed E-state index contributed by atoms with van der Waals surface area (Å²) < 4.78 is 13.6. The van der Waals surface area contributed by atoms with Gasteiger partial charge in [-0.25, -0.2) is 9.18 Å². The van der Waals surface area contributed by atoms with Crippen LogP contribution in [0.2, 0.25) is 0 Å². The van der Waals surface area contributed by atoms with Crippen LogP contribution in [0.4, 0.5) is 10.1 Å². The van der Waals surface area contributed by atoms with Gasteiger partial charge in [0.1, 0.15) is 5.82 Å². The largest absolute Gasteiger partial charge is 0.478 e. The summed E-state index contributed by atoms with van der Waals surface area (Å²) in [7, 11) is 1.73. The van der Waals surface area contributed by atoms with Crippen LogP contribution in [0.15, 0.2) is 24.3 Å². The Bertz CT molecular complexity index is 506. The maximum absolute atomic E-state index is 13.6. The van der Waals surface area contributed by atoms with Gasteiger partial charge in [-0.2, -0.15) is 5.26 Å². The number of aliphatic carboxylic acids is 1. The van der Waals surface area contributed by atoms with E-state index in [2.05, 4.69) is 0 Å². The monoisotopic (exact) mass is 248 g/mol. The van der Waals surface area contributed by atoms with E-state index in [9.17, 15) is 9.18 Å². The van der Waals surface area contributed by atoms with E-state index in [4.69, 9.17) is 10.4 Å². The van der Waals surface area contributed by atoms with E-state index < -0.39 is 11.8 Å². The third kappa shape index (κ3) is 3.59. The second-order valence-electron chi connectivity index (χ2n) is 3.67. The topological polar surface area (TPSA) is 64.3 Å². The highest BCUT2D eigenvalue weighted by molar-refractivity contribution is 5.87. The summed E-state index contributed by atoms with van der Waals surface area (Å²) in [6, 6.07) is 6.50. The standard InChI is InChI=1S/C13H13FN2O2/c1-16(9-3-8-15)12-5-2-4-11(14)10(12)6-7-13(17)18/h2,4-7H,3,9H2,1H3,(H,17,18)/b7-6+. The lowest BCUT2D eigenvalue weighted by atomic mass is 10.1. The zero-order valence-corrected chi connectivity index (χ0v) is 9.93. The molecule has 0 fully saturated rings. The fourth-order valence-corrected chi connectivity index (χ4v) is 1.52. The van der Waals surface area contributed by atoms with Crippen LogP contribution in [-0.2, 0) is 4.79 Å². The third-order valence-electron chi connectivity index (χ3n) is 2.39. The highest BCUT2D eigenvalue weighted by Crippen LogP contribution is 2.23. The normalized spacial score (nSPS) is 10.3. The molecule has 0 atom stereocenters. The lowest BCUT2D eigenvalue weighted by Crippen LogP contribution is -2.19. The highest BCUT2D eigenvalue weighted by atomic mass is 19.1. The second kappa shape index (κ2) is 6.40. The fraction of sp³-hybridized carbons (Fsp3) is 0.231. The molecule has 0 aliphatic rings. The molecule has 1 N–H and O–H groups in total. The number of carbonyl (C=O) groups is 1. The highest BCUT2D eigenvalue weighted by Gasteiger charge is 2.09. The lowest BCUT2D eigenvalue weighted by molar-refractivity contribution is -0.131. The van der Waals surface area contributed by atoms with Crippen molar-refractivity contribution in [2.75, 3.05) is 18.5 Å². The molecule has 0 aliphatic heterocycles. The predicted molar refractivity (Wildman–Crippen MR) is 66.6 cm³/mol. The molecule has 1 aromatic carbocycles. The van der Waals surface area contributed by atoms with Crippen molar-refractivity contribution in [3.8, 4) is 6.07 Å². The molecule has 1 rings (SSSR count). The number of rotatable bonds is 5. The quantitative estimate of drug-likeness (QED) is 0.812. The smallest absolute Gasteiger partial charge is 0.328 e. The lowest BCUT2D eigenvalue weighted by Gasteiger charge is -2.20. The molecule has 0 radical (unpaired) electrons. The molecule has 0 heterocycles. The summed E-state index contributed by atoms with van der Waals surface area (Å²) in [4.78, 5) is 12.2. The third-order valence-corrected chi connectivity index (χ3v) is 2.39. The molecule has 0 spiro atoms. The van der Waals surface area contributed by atoms with Gasteiger partial charge in [0.05, 0.1) is 12.5 Å². The van der Waals surface area contributed by atoms with Gasteiger partial charge in [-0.1, -0.05) is 6.07 Å². The van der Waals surface area contributed by atoms with Gasteiger partial charge in [0, 0.05) is 30.9 Å². The van der Waals surface area contributed by atoms with Gasteiger partial charge < -0.3 is 10.0 Å². The number of hydrogen-bond donors (Lipinski definition) is 1. The maximum Gasteiger partial charge on any atom is 0.328 e. The zero-order chi connectivity index (χ0) is 13.5. The number of hydrogen-bond acceptors (Lipinski definition) is 3. The Morgan fingerprint density at radius 3 is 2.94 bits per heavy atom. The van der Waals surface area contributed by atoms with Crippen LogP contribution in [0.5, 0.6) is 0 Å². The van der Waals surface area contributed by atoms with Gasteiger partial charge >= 0.3 is 5.97 Å². The van der Waals surface area contributed by atoms with E-state index in [0.717, 1.165) is 6.08 Å². The van der Waals surface area contributed by atoms with Crippen molar-refractivity contribution in [1.82, 2.24) is 0 Å². The summed E-state index contributed by atoms with van der Waals surface area (Å²) in [5.41, 5.74) is 0.767. The van der Waals surface area contributed by atoms with Gasteiger partial charge in [0.2, 0.25) is 0 Å². The van der Waals surface area contributed by atoms with Crippen molar-refractivity contribution in [3.63, 3.8) is 0 Å². The van der Waals surface area contributed by atoms with Crippen LogP contribution in [0.3, 0.4) is 0 Å². The van der Waals surface area contributed by atoms with Crippen LogP contribution in [0, 0.1) is 17.1 Å². The summed E-state index contributed by atoms with van der Waals surface area (Å²) >= 11 is 0. The van der Waals surface area contributed by atoms with Gasteiger partial charge in [0.25, 0.3) is 0 Å². The number of nitrogens with zero attached hydrogens (tertiary/aromatic N) is 2. The van der Waals surface area contributed by atoms with E-state index in [-0.39, 0.29) is 5.56 Å². The molecule has 1 aromatic rings. The first kappa shape index (κ1) is 13.7. The van der Waals surface area contributed by atoms with Crippen molar-refractivity contribution in [2.45, 2.75) is 6.42 Å². The molecular weight excluding hydrogens is 235 g/mol. The van der Waals surface area contributed by atoms with Crippen LogP contribution in [-0.4, -0.2) is 24.7 Å². The van der Waals surface area contributed by atoms with Crippen molar-refractivity contribution >= 4 is 17.7 Å². The number of nitriles is 1. The van der Waals surface area contributed by atoms with E-state index in [1.165, 1.54) is 12.1 Å². The molecule has 0 saturated carbocycles. The summed E-state index contributed by atoms with van der Waals surface area (Å²) in [6.07, 6.45) is 2.42. The van der Waals surface area contributed by atoms with Gasteiger partial charge in [0.15, 0.2) is 0 Å². The van der Waals surface area contributed by atoms with Gasteiger partial charge in [-0.05, 0) is 18.2 Å². The van der Waals surface area contributed by atoms with Crippen molar-refractivity contribution in [2.24, 2.45) is 0 Å². The Balaban J connectivity index is 3.07. The summed E-state index contributed by atoms with van der Waals surface area (Å²) in [5.74, 6) is -1.63. The SMILES string of the molecule is CN(CCC#N)c1cccc(F)c1/C=C/C(=O)O. The van der Waals surface area contributed by atoms with Crippen LogP contribution >= 0.6 is 0 Å². The molecule has 0 saturated heterocycles. The van der Waals surface area contributed by atoms with Crippen molar-refractivity contribution in [3.05, 3.63) is 35.7 Å². The number of carboxylic acids is 1. The number of halogens is 1. The zero-order valence-electron chi connectivity index (χ0n) is 9.93. The molecular formula is C13H13FN2O2. The van der Waals surface area contributed by atoms with Gasteiger partial charge in [-0.3, -0.25) is 0 Å². The molecule has 94 valence electrons. The molecule has 18 heavy (non-hydrogen) atoms. The van der Waals surface area contributed by atoms with Crippen molar-refractivity contribution in [1.29, 1.82) is 5.26 Å². The Labute approximate surface area is 105 Å². The van der Waals surface area contributed by atoms with Crippen LogP contribution in [0.1, 0.15) is 12.0 Å². The van der Waals surface area contributed by atoms with Gasteiger partial charge in [-0.15, -0.1) is 0 Å². The minimum absolute atomic E-state index is 0.209. The van der Waals surface area contributed by atoms with E-state index in [1.807, 2.05) is 6.07 Å². The summed E-state index contributed by atoms with van der Waals surface area (Å²) in [6.45, 7) is 0.452. The first-order valence-electron chi connectivity index (χ1n) is 5.34. The van der Waals surface area contributed by atoms with E-state index in [1.54, 1.807) is 24.1 Å². The molecule has 0 amide bonds. The Morgan fingerprint density at radius 2 is 2.33 bits per heavy atom. The van der Waals surface area contributed by atoms with Crippen molar-refractivity contribution < 1.29 is 14.3 Å². The molecule has 0 aliphatic carbocycles. The fourth-order valence-electron chi connectivity index (χ4n) is 1.52. The Morgan fingerprint density at radius 1 is 1.61 bits per heavy atom. The molecule has 5 heteroatoms. The molecule has 0 aromatic heterocycles. The molecule has 4 nitrogen and oxygen atoms in total. The van der Waals surface area contributed by atoms with Crippen LogP contribution in [0.25, 0.3) is 6.08 Å². The predicted octanol–water partition coefficient (Wildman–Crippen LogP) is 2.27. The number of carboxylic acid groups (broad SMARTS) is 1. The van der Waals surface area contributed by atoms with Crippen LogP contribution < -0.4 is 4.90 Å².